The smallest absolute Gasteiger partial charge is 0.243 e. The van der Waals surface area contributed by atoms with Gasteiger partial charge in [-0.2, -0.15) is 4.31 Å². The highest BCUT2D eigenvalue weighted by Crippen LogP contribution is 2.38. The van der Waals surface area contributed by atoms with Crippen molar-refractivity contribution in [1.29, 1.82) is 0 Å². The largest absolute Gasteiger partial charge is 0.309 e. The summed E-state index contributed by atoms with van der Waals surface area (Å²) in [4.78, 5) is 20.7. The van der Waals surface area contributed by atoms with Gasteiger partial charge >= 0.3 is 0 Å². The fourth-order valence-electron chi connectivity index (χ4n) is 5.03. The molecule has 0 radical (unpaired) electrons. The van der Waals surface area contributed by atoms with Crippen LogP contribution < -0.4 is 0 Å². The van der Waals surface area contributed by atoms with E-state index in [1.807, 2.05) is 12.1 Å². The van der Waals surface area contributed by atoms with E-state index in [0.29, 0.717) is 38.1 Å². The molecule has 9 heteroatoms. The van der Waals surface area contributed by atoms with Crippen molar-refractivity contribution in [3.63, 3.8) is 0 Å². The molecule has 1 aliphatic carbocycles. The van der Waals surface area contributed by atoms with E-state index in [0.717, 1.165) is 29.8 Å². The zero-order valence-corrected chi connectivity index (χ0v) is 19.2. The molecule has 1 saturated heterocycles. The Labute approximate surface area is 192 Å². The number of fused-ring (bicyclic) bond motifs is 1. The van der Waals surface area contributed by atoms with E-state index in [9.17, 15) is 13.2 Å². The van der Waals surface area contributed by atoms with Crippen LogP contribution in [-0.4, -0.2) is 46.6 Å². The Morgan fingerprint density at radius 2 is 1.81 bits per heavy atom. The minimum Gasteiger partial charge on any atom is -0.309 e. The Bertz CT molecular complexity index is 1260. The van der Waals surface area contributed by atoms with Gasteiger partial charge in [-0.25, -0.2) is 18.4 Å². The lowest BCUT2D eigenvalue weighted by Crippen LogP contribution is -2.39. The summed E-state index contributed by atoms with van der Waals surface area (Å²) in [6.07, 6.45) is 8.55. The Balaban J connectivity index is 1.40. The molecular formula is C23H25ClN4O3S. The van der Waals surface area contributed by atoms with Gasteiger partial charge in [0.15, 0.2) is 11.9 Å². The van der Waals surface area contributed by atoms with Crippen LogP contribution in [0.4, 0.5) is 0 Å². The first kappa shape index (κ1) is 21.6. The van der Waals surface area contributed by atoms with E-state index < -0.39 is 10.0 Å². The highest BCUT2D eigenvalue weighted by Gasteiger charge is 2.33. The maximum absolute atomic E-state index is 13.2. The SMILES string of the molecule is O=Cc1ccc(S(=O)(=O)N2CCC(n3c(C4CCCC4)nc4cccnc43)CC2)cc1Cl. The molecule has 168 valence electrons. The number of benzene rings is 1. The van der Waals surface area contributed by atoms with Crippen molar-refractivity contribution in [3.05, 3.63) is 52.9 Å². The van der Waals surface area contributed by atoms with Crippen LogP contribution in [0.15, 0.2) is 41.4 Å². The predicted molar refractivity (Wildman–Crippen MR) is 123 cm³/mol. The van der Waals surface area contributed by atoms with Gasteiger partial charge in [0, 0.05) is 36.8 Å². The van der Waals surface area contributed by atoms with Gasteiger partial charge in [0.25, 0.3) is 0 Å². The maximum Gasteiger partial charge on any atom is 0.243 e. The fourth-order valence-corrected chi connectivity index (χ4v) is 6.82. The molecular weight excluding hydrogens is 448 g/mol. The number of imidazole rings is 1. The molecule has 0 atom stereocenters. The molecule has 3 heterocycles. The van der Waals surface area contributed by atoms with Crippen LogP contribution in [0.5, 0.6) is 0 Å². The number of nitrogens with zero attached hydrogens (tertiary/aromatic N) is 4. The average molecular weight is 473 g/mol. The normalized spacial score (nSPS) is 19.0. The molecule has 1 aromatic carbocycles. The fraction of sp³-hybridized carbons (Fsp3) is 0.435. The summed E-state index contributed by atoms with van der Waals surface area (Å²) in [5.74, 6) is 1.55. The number of sulfonamides is 1. The van der Waals surface area contributed by atoms with Crippen molar-refractivity contribution in [2.45, 2.75) is 55.4 Å². The molecule has 2 aliphatic rings. The third kappa shape index (κ3) is 3.74. The number of hydrogen-bond acceptors (Lipinski definition) is 5. The molecule has 0 unspecified atom stereocenters. The van der Waals surface area contributed by atoms with Crippen molar-refractivity contribution in [1.82, 2.24) is 18.8 Å². The second kappa shape index (κ2) is 8.57. The van der Waals surface area contributed by atoms with Crippen molar-refractivity contribution >= 4 is 39.1 Å². The molecule has 3 aromatic rings. The zero-order valence-electron chi connectivity index (χ0n) is 17.7. The predicted octanol–water partition coefficient (Wildman–Crippen LogP) is 4.58. The van der Waals surface area contributed by atoms with Crippen molar-refractivity contribution in [3.8, 4) is 0 Å². The molecule has 0 N–H and O–H groups in total. The third-order valence-corrected chi connectivity index (χ3v) is 8.94. The molecule has 1 aliphatic heterocycles. The summed E-state index contributed by atoms with van der Waals surface area (Å²) in [5.41, 5.74) is 2.09. The van der Waals surface area contributed by atoms with Crippen LogP contribution in [0.25, 0.3) is 11.2 Å². The Morgan fingerprint density at radius 1 is 1.06 bits per heavy atom. The van der Waals surface area contributed by atoms with Gasteiger partial charge in [-0.15, -0.1) is 0 Å². The van der Waals surface area contributed by atoms with E-state index in [-0.39, 0.29) is 21.5 Å². The molecule has 7 nitrogen and oxygen atoms in total. The van der Waals surface area contributed by atoms with Crippen LogP contribution in [-0.2, 0) is 10.0 Å². The number of aromatic nitrogens is 3. The lowest BCUT2D eigenvalue weighted by atomic mass is 10.0. The lowest BCUT2D eigenvalue weighted by molar-refractivity contribution is 0.112. The number of aldehydes is 1. The van der Waals surface area contributed by atoms with E-state index in [1.54, 1.807) is 6.20 Å². The van der Waals surface area contributed by atoms with E-state index in [2.05, 4.69) is 9.55 Å². The van der Waals surface area contributed by atoms with E-state index in [4.69, 9.17) is 16.6 Å². The van der Waals surface area contributed by atoms with Gasteiger partial charge in [0.05, 0.1) is 9.92 Å². The first-order chi connectivity index (χ1) is 15.5. The lowest BCUT2D eigenvalue weighted by Gasteiger charge is -2.33. The second-order valence-electron chi connectivity index (χ2n) is 8.60. The minimum absolute atomic E-state index is 0.118. The van der Waals surface area contributed by atoms with Gasteiger partial charge in [0.2, 0.25) is 10.0 Å². The molecule has 2 fully saturated rings. The van der Waals surface area contributed by atoms with Gasteiger partial charge < -0.3 is 4.57 Å². The topological polar surface area (TPSA) is 85.2 Å². The summed E-state index contributed by atoms with van der Waals surface area (Å²) in [6, 6.07) is 8.34. The van der Waals surface area contributed by atoms with Crippen molar-refractivity contribution in [2.75, 3.05) is 13.1 Å². The van der Waals surface area contributed by atoms with E-state index in [1.165, 1.54) is 35.3 Å². The standard InChI is InChI=1S/C23H25ClN4O3S/c24-20-14-19(8-7-17(20)15-29)32(30,31)27-12-9-18(10-13-27)28-22(16-4-1-2-5-16)26-21-6-3-11-25-23(21)28/h3,6-8,11,14-16,18H,1-2,4-5,9-10,12-13H2. The van der Waals surface area contributed by atoms with Crippen LogP contribution in [0, 0.1) is 0 Å². The average Bonchev–Trinajstić information content (AvgIpc) is 3.47. The molecule has 1 saturated carbocycles. The van der Waals surface area contributed by atoms with Gasteiger partial charge in [0.1, 0.15) is 11.3 Å². The summed E-state index contributed by atoms with van der Waals surface area (Å²) < 4.78 is 30.1. The highest BCUT2D eigenvalue weighted by molar-refractivity contribution is 7.89. The zero-order chi connectivity index (χ0) is 22.3. The summed E-state index contributed by atoms with van der Waals surface area (Å²) >= 11 is 6.07. The minimum atomic E-state index is -3.68. The Kier molecular flexibility index (Phi) is 5.77. The second-order valence-corrected chi connectivity index (χ2v) is 10.9. The monoisotopic (exact) mass is 472 g/mol. The molecule has 0 spiro atoms. The van der Waals surface area contributed by atoms with E-state index >= 15 is 0 Å². The Morgan fingerprint density at radius 3 is 2.50 bits per heavy atom. The number of carbonyl (C=O) groups is 1. The number of pyridine rings is 1. The van der Waals surface area contributed by atoms with Crippen LogP contribution in [0.3, 0.4) is 0 Å². The van der Waals surface area contributed by atoms with Gasteiger partial charge in [-0.1, -0.05) is 24.4 Å². The van der Waals surface area contributed by atoms with Crippen LogP contribution >= 0.6 is 11.6 Å². The number of rotatable bonds is 5. The maximum atomic E-state index is 13.2. The van der Waals surface area contributed by atoms with Crippen LogP contribution in [0.2, 0.25) is 5.02 Å². The Hall–Kier alpha value is -2.29. The number of piperidine rings is 1. The molecule has 5 rings (SSSR count). The number of halogens is 1. The third-order valence-electron chi connectivity index (χ3n) is 6.72. The number of hydrogen-bond donors (Lipinski definition) is 0. The van der Waals surface area contributed by atoms with Crippen molar-refractivity contribution in [2.24, 2.45) is 0 Å². The summed E-state index contributed by atoms with van der Waals surface area (Å²) in [6.45, 7) is 0.827. The molecule has 0 amide bonds. The molecule has 0 bridgehead atoms. The molecule has 2 aromatic heterocycles. The first-order valence-electron chi connectivity index (χ1n) is 11.1. The summed E-state index contributed by atoms with van der Waals surface area (Å²) in [7, 11) is -3.68. The summed E-state index contributed by atoms with van der Waals surface area (Å²) in [5, 5.41) is 0.146. The number of carbonyl (C=O) groups excluding carboxylic acids is 1. The van der Waals surface area contributed by atoms with Crippen LogP contribution in [0.1, 0.15) is 66.7 Å². The highest BCUT2D eigenvalue weighted by atomic mass is 35.5. The first-order valence-corrected chi connectivity index (χ1v) is 12.9. The molecule has 32 heavy (non-hydrogen) atoms. The van der Waals surface area contributed by atoms with Gasteiger partial charge in [-0.05, 0) is 56.0 Å². The van der Waals surface area contributed by atoms with Gasteiger partial charge in [-0.3, -0.25) is 4.79 Å². The quantitative estimate of drug-likeness (QED) is 0.507. The van der Waals surface area contributed by atoms with Crippen molar-refractivity contribution < 1.29 is 13.2 Å².